The first-order valence-corrected chi connectivity index (χ1v) is 8.93. The highest BCUT2D eigenvalue weighted by atomic mass is 19.1. The van der Waals surface area contributed by atoms with Gasteiger partial charge in [0, 0.05) is 44.1 Å². The van der Waals surface area contributed by atoms with Gasteiger partial charge in [0.1, 0.15) is 11.2 Å². The number of halogens is 1. The van der Waals surface area contributed by atoms with E-state index in [-0.39, 0.29) is 0 Å². The summed E-state index contributed by atoms with van der Waals surface area (Å²) in [4.78, 5) is 35.4. The Hall–Kier alpha value is -3.27. The topological polar surface area (TPSA) is 116 Å². The fourth-order valence-corrected chi connectivity index (χ4v) is 3.36. The SMILES string of the molecule is COC(=O)C(CO)(c1ccc(F)cc1)c1cnc(N2CCN(C(=O)O)CC2)nc1. The van der Waals surface area contributed by atoms with Crippen molar-refractivity contribution >= 4 is 18.0 Å². The van der Waals surface area contributed by atoms with Crippen LogP contribution in [0, 0.1) is 5.82 Å². The Morgan fingerprint density at radius 1 is 1.10 bits per heavy atom. The largest absolute Gasteiger partial charge is 0.468 e. The fourth-order valence-electron chi connectivity index (χ4n) is 3.36. The maximum absolute atomic E-state index is 13.4. The van der Waals surface area contributed by atoms with Crippen LogP contribution in [0.3, 0.4) is 0 Å². The van der Waals surface area contributed by atoms with Crippen LogP contribution in [0.15, 0.2) is 36.7 Å². The molecule has 1 aromatic heterocycles. The Morgan fingerprint density at radius 3 is 2.17 bits per heavy atom. The molecule has 2 N–H and O–H groups in total. The number of methoxy groups -OCH3 is 1. The lowest BCUT2D eigenvalue weighted by Crippen LogP contribution is -2.49. The first-order valence-electron chi connectivity index (χ1n) is 8.93. The third kappa shape index (κ3) is 3.83. The summed E-state index contributed by atoms with van der Waals surface area (Å²) in [6.07, 6.45) is 1.87. The Labute approximate surface area is 166 Å². The second-order valence-corrected chi connectivity index (χ2v) is 6.59. The first-order chi connectivity index (χ1) is 13.9. The summed E-state index contributed by atoms with van der Waals surface area (Å²) >= 11 is 0. The summed E-state index contributed by atoms with van der Waals surface area (Å²) in [7, 11) is 1.20. The molecule has 0 spiro atoms. The average molecular weight is 404 g/mol. The minimum absolute atomic E-state index is 0.298. The Morgan fingerprint density at radius 2 is 1.69 bits per heavy atom. The number of carbonyl (C=O) groups excluding carboxylic acids is 1. The monoisotopic (exact) mass is 404 g/mol. The van der Waals surface area contributed by atoms with E-state index in [1.807, 2.05) is 4.90 Å². The van der Waals surface area contributed by atoms with Gasteiger partial charge in [-0.25, -0.2) is 19.2 Å². The number of esters is 1. The number of hydrogen-bond donors (Lipinski definition) is 2. The van der Waals surface area contributed by atoms with E-state index >= 15 is 0 Å². The molecule has 0 aliphatic carbocycles. The molecule has 1 aliphatic rings. The van der Waals surface area contributed by atoms with Crippen LogP contribution in [0.4, 0.5) is 15.1 Å². The lowest BCUT2D eigenvalue weighted by Gasteiger charge is -2.33. The Kier molecular flexibility index (Phi) is 5.92. The molecule has 1 aliphatic heterocycles. The maximum Gasteiger partial charge on any atom is 0.407 e. The van der Waals surface area contributed by atoms with Gasteiger partial charge in [0.05, 0.1) is 13.7 Å². The van der Waals surface area contributed by atoms with E-state index in [1.54, 1.807) is 0 Å². The summed E-state index contributed by atoms with van der Waals surface area (Å²) < 4.78 is 18.3. The zero-order valence-electron chi connectivity index (χ0n) is 15.8. The molecule has 1 fully saturated rings. The molecule has 9 nitrogen and oxygen atoms in total. The van der Waals surface area contributed by atoms with Crippen molar-refractivity contribution in [2.45, 2.75) is 5.41 Å². The molecular weight excluding hydrogens is 383 g/mol. The van der Waals surface area contributed by atoms with Crippen LogP contribution in [0.1, 0.15) is 11.1 Å². The molecular formula is C19H21FN4O5. The van der Waals surface area contributed by atoms with Gasteiger partial charge < -0.3 is 24.7 Å². The molecule has 1 amide bonds. The molecule has 10 heteroatoms. The van der Waals surface area contributed by atoms with Gasteiger partial charge in [-0.15, -0.1) is 0 Å². The smallest absolute Gasteiger partial charge is 0.407 e. The summed E-state index contributed by atoms with van der Waals surface area (Å²) in [6, 6.07) is 5.20. The number of benzene rings is 1. The van der Waals surface area contributed by atoms with Gasteiger partial charge in [-0.1, -0.05) is 12.1 Å². The lowest BCUT2D eigenvalue weighted by molar-refractivity contribution is -0.147. The van der Waals surface area contributed by atoms with Gasteiger partial charge >= 0.3 is 12.1 Å². The van der Waals surface area contributed by atoms with Crippen LogP contribution in [-0.4, -0.2) is 77.0 Å². The third-order valence-electron chi connectivity index (χ3n) is 5.07. The zero-order valence-corrected chi connectivity index (χ0v) is 15.8. The van der Waals surface area contributed by atoms with Crippen molar-refractivity contribution in [2.24, 2.45) is 0 Å². The summed E-state index contributed by atoms with van der Waals surface area (Å²) in [6.45, 7) is 0.917. The molecule has 1 saturated heterocycles. The van der Waals surface area contributed by atoms with Gasteiger partial charge in [0.15, 0.2) is 0 Å². The zero-order chi connectivity index (χ0) is 21.0. The molecule has 0 radical (unpaired) electrons. The molecule has 2 heterocycles. The van der Waals surface area contributed by atoms with Crippen LogP contribution < -0.4 is 4.90 Å². The van der Waals surface area contributed by atoms with E-state index in [0.29, 0.717) is 43.3 Å². The van der Waals surface area contributed by atoms with E-state index in [9.17, 15) is 19.1 Å². The molecule has 0 saturated carbocycles. The number of amides is 1. The summed E-state index contributed by atoms with van der Waals surface area (Å²) in [5, 5.41) is 19.2. The number of nitrogens with zero attached hydrogens (tertiary/aromatic N) is 4. The Balaban J connectivity index is 1.91. The number of aliphatic hydroxyl groups excluding tert-OH is 1. The molecule has 0 bridgehead atoms. The third-order valence-corrected chi connectivity index (χ3v) is 5.07. The molecule has 29 heavy (non-hydrogen) atoms. The van der Waals surface area contributed by atoms with E-state index in [0.717, 1.165) is 0 Å². The molecule has 2 aromatic rings. The van der Waals surface area contributed by atoms with Crippen LogP contribution in [0.25, 0.3) is 0 Å². The van der Waals surface area contributed by atoms with E-state index in [2.05, 4.69) is 9.97 Å². The minimum Gasteiger partial charge on any atom is -0.468 e. The average Bonchev–Trinajstić information content (AvgIpc) is 2.76. The van der Waals surface area contributed by atoms with Gasteiger partial charge in [-0.3, -0.25) is 4.79 Å². The number of carbonyl (C=O) groups is 2. The number of rotatable bonds is 5. The van der Waals surface area contributed by atoms with Gasteiger partial charge in [0.25, 0.3) is 0 Å². The normalized spacial score (nSPS) is 16.2. The quantitative estimate of drug-likeness (QED) is 0.705. The van der Waals surface area contributed by atoms with Gasteiger partial charge in [-0.2, -0.15) is 0 Å². The standard InChI is InChI=1S/C19H21FN4O5/c1-29-16(26)19(12-25,13-2-4-15(20)5-3-13)14-10-21-17(22-11-14)23-6-8-24(9-7-23)18(27)28/h2-5,10-11,25H,6-9,12H2,1H3,(H,27,28). The fraction of sp³-hybridized carbons (Fsp3) is 0.368. The van der Waals surface area contributed by atoms with E-state index in [4.69, 9.17) is 9.84 Å². The van der Waals surface area contributed by atoms with E-state index < -0.39 is 29.9 Å². The first kappa shape index (κ1) is 20.5. The predicted octanol–water partition coefficient (Wildman–Crippen LogP) is 0.867. The van der Waals surface area contributed by atoms with Crippen molar-refractivity contribution < 1.29 is 28.9 Å². The second-order valence-electron chi connectivity index (χ2n) is 6.59. The van der Waals surface area contributed by atoms with Crippen LogP contribution in [-0.2, 0) is 14.9 Å². The van der Waals surface area contributed by atoms with Crippen molar-refractivity contribution in [1.82, 2.24) is 14.9 Å². The second kappa shape index (κ2) is 8.39. The summed E-state index contributed by atoms with van der Waals surface area (Å²) in [5.41, 5.74) is -0.950. The minimum atomic E-state index is -1.59. The predicted molar refractivity (Wildman–Crippen MR) is 100 cm³/mol. The highest BCUT2D eigenvalue weighted by Gasteiger charge is 2.44. The van der Waals surface area contributed by atoms with Gasteiger partial charge in [-0.05, 0) is 17.7 Å². The maximum atomic E-state index is 13.4. The highest BCUT2D eigenvalue weighted by molar-refractivity contribution is 5.87. The molecule has 1 atom stereocenters. The van der Waals surface area contributed by atoms with Crippen LogP contribution in [0.5, 0.6) is 0 Å². The van der Waals surface area contributed by atoms with Crippen LogP contribution in [0.2, 0.25) is 0 Å². The number of ether oxygens (including phenoxy) is 1. The lowest BCUT2D eigenvalue weighted by atomic mass is 9.76. The highest BCUT2D eigenvalue weighted by Crippen LogP contribution is 2.33. The van der Waals surface area contributed by atoms with E-state index in [1.165, 1.54) is 48.7 Å². The molecule has 1 unspecified atom stereocenters. The van der Waals surface area contributed by atoms with Crippen molar-refractivity contribution in [3.05, 3.63) is 53.6 Å². The molecule has 154 valence electrons. The van der Waals surface area contributed by atoms with Gasteiger partial charge in [0.2, 0.25) is 5.95 Å². The molecule has 3 rings (SSSR count). The number of aliphatic hydroxyl groups is 1. The van der Waals surface area contributed by atoms with Crippen molar-refractivity contribution in [3.8, 4) is 0 Å². The number of aromatic nitrogens is 2. The van der Waals surface area contributed by atoms with Crippen LogP contribution >= 0.6 is 0 Å². The number of hydrogen-bond acceptors (Lipinski definition) is 7. The number of carboxylic acid groups (broad SMARTS) is 1. The van der Waals surface area contributed by atoms with Crippen molar-refractivity contribution in [2.75, 3.05) is 44.8 Å². The van der Waals surface area contributed by atoms with Crippen molar-refractivity contribution in [1.29, 1.82) is 0 Å². The summed E-state index contributed by atoms with van der Waals surface area (Å²) in [5.74, 6) is -0.815. The number of anilines is 1. The molecule has 1 aromatic carbocycles. The Bertz CT molecular complexity index is 869. The van der Waals surface area contributed by atoms with Crippen molar-refractivity contribution in [3.63, 3.8) is 0 Å². The number of piperazine rings is 1.